The van der Waals surface area contributed by atoms with Crippen molar-refractivity contribution < 1.29 is 14.6 Å². The highest BCUT2D eigenvalue weighted by Gasteiger charge is 2.25. The number of carbonyl (C=O) groups excluding carboxylic acids is 1. The van der Waals surface area contributed by atoms with Crippen LogP contribution >= 0.6 is 0 Å². The minimum Gasteiger partial charge on any atom is -0.508 e. The lowest BCUT2D eigenvalue weighted by Gasteiger charge is -2.28. The number of hydrogen-bond acceptors (Lipinski definition) is 3. The molecular formula is C25H42O3. The fourth-order valence-electron chi connectivity index (χ4n) is 3.52. The molecule has 0 aliphatic rings. The van der Waals surface area contributed by atoms with Gasteiger partial charge in [0.1, 0.15) is 5.75 Å². The highest BCUT2D eigenvalue weighted by atomic mass is 16.5. The summed E-state index contributed by atoms with van der Waals surface area (Å²) in [5, 5.41) is 10.5. The Morgan fingerprint density at radius 1 is 0.893 bits per heavy atom. The number of benzene rings is 1. The highest BCUT2D eigenvalue weighted by molar-refractivity contribution is 5.70. The molecule has 0 radical (unpaired) electrons. The van der Waals surface area contributed by atoms with E-state index in [9.17, 15) is 9.90 Å². The molecule has 1 rings (SSSR count). The average Bonchev–Trinajstić information content (AvgIpc) is 2.57. The smallest absolute Gasteiger partial charge is 0.306 e. The Bertz CT molecular complexity index is 618. The van der Waals surface area contributed by atoms with E-state index in [1.807, 2.05) is 6.07 Å². The first-order chi connectivity index (χ1) is 13.0. The average molecular weight is 391 g/mol. The zero-order valence-corrected chi connectivity index (χ0v) is 19.3. The zero-order valence-electron chi connectivity index (χ0n) is 19.3. The molecule has 1 aromatic carbocycles. The van der Waals surface area contributed by atoms with E-state index in [0.29, 0.717) is 25.2 Å². The molecule has 0 aromatic heterocycles. The SMILES string of the molecule is CCCCCCCCOC(=O)CCc1cc(C(C)(C)C)c(O)cc1C(C)(C)C. The zero-order chi connectivity index (χ0) is 21.4. The number of aryl methyl sites for hydroxylation is 1. The monoisotopic (exact) mass is 390 g/mol. The normalized spacial score (nSPS) is 12.2. The molecule has 0 atom stereocenters. The van der Waals surface area contributed by atoms with Crippen LogP contribution in [0.2, 0.25) is 0 Å². The Kier molecular flexibility index (Phi) is 9.53. The number of aromatic hydroxyl groups is 1. The lowest BCUT2D eigenvalue weighted by molar-refractivity contribution is -0.143. The number of rotatable bonds is 10. The van der Waals surface area contributed by atoms with Crippen LogP contribution in [-0.2, 0) is 26.8 Å². The molecule has 0 saturated heterocycles. The lowest BCUT2D eigenvalue weighted by Crippen LogP contribution is -2.18. The van der Waals surface area contributed by atoms with Gasteiger partial charge in [0.25, 0.3) is 0 Å². The minimum absolute atomic E-state index is 0.0916. The molecule has 0 amide bonds. The van der Waals surface area contributed by atoms with Gasteiger partial charge >= 0.3 is 5.97 Å². The minimum atomic E-state index is -0.145. The number of hydrogen-bond donors (Lipinski definition) is 1. The summed E-state index contributed by atoms with van der Waals surface area (Å²) in [6.07, 6.45) is 8.15. The molecule has 0 unspecified atom stereocenters. The fraction of sp³-hybridized carbons (Fsp3) is 0.720. The first-order valence-electron chi connectivity index (χ1n) is 11.0. The van der Waals surface area contributed by atoms with Gasteiger partial charge in [0.2, 0.25) is 0 Å². The molecular weight excluding hydrogens is 348 g/mol. The molecule has 0 spiro atoms. The number of ether oxygens (including phenoxy) is 1. The summed E-state index contributed by atoms with van der Waals surface area (Å²) in [5.41, 5.74) is 2.92. The van der Waals surface area contributed by atoms with Gasteiger partial charge in [-0.2, -0.15) is 0 Å². The summed E-state index contributed by atoms with van der Waals surface area (Å²) in [6, 6.07) is 3.97. The summed E-state index contributed by atoms with van der Waals surface area (Å²) in [5.74, 6) is 0.214. The lowest BCUT2D eigenvalue weighted by atomic mass is 9.78. The predicted octanol–water partition coefficient (Wildman–Crippen LogP) is 6.82. The first kappa shape index (κ1) is 24.5. The van der Waals surface area contributed by atoms with E-state index in [0.717, 1.165) is 29.5 Å². The van der Waals surface area contributed by atoms with Crippen molar-refractivity contribution in [2.45, 2.75) is 111 Å². The van der Waals surface area contributed by atoms with Gasteiger partial charge < -0.3 is 9.84 Å². The van der Waals surface area contributed by atoms with Crippen LogP contribution in [0.1, 0.15) is 110 Å². The molecule has 0 aliphatic carbocycles. The van der Waals surface area contributed by atoms with E-state index < -0.39 is 0 Å². The Morgan fingerprint density at radius 2 is 1.46 bits per heavy atom. The van der Waals surface area contributed by atoms with Gasteiger partial charge in [-0.3, -0.25) is 4.79 Å². The highest BCUT2D eigenvalue weighted by Crippen LogP contribution is 2.37. The van der Waals surface area contributed by atoms with Crippen molar-refractivity contribution in [3.63, 3.8) is 0 Å². The van der Waals surface area contributed by atoms with Crippen molar-refractivity contribution in [2.75, 3.05) is 6.61 Å². The van der Waals surface area contributed by atoms with Gasteiger partial charge in [-0.05, 0) is 46.4 Å². The van der Waals surface area contributed by atoms with Crippen LogP contribution in [0.4, 0.5) is 0 Å². The number of esters is 1. The van der Waals surface area contributed by atoms with Crippen molar-refractivity contribution in [2.24, 2.45) is 0 Å². The Balaban J connectivity index is 2.68. The quantitative estimate of drug-likeness (QED) is 0.352. The molecule has 28 heavy (non-hydrogen) atoms. The fourth-order valence-corrected chi connectivity index (χ4v) is 3.52. The van der Waals surface area contributed by atoms with Crippen LogP contribution in [0.5, 0.6) is 5.75 Å². The number of phenols is 1. The van der Waals surface area contributed by atoms with Gasteiger partial charge in [-0.15, -0.1) is 0 Å². The van der Waals surface area contributed by atoms with Crippen molar-refractivity contribution in [1.29, 1.82) is 0 Å². The van der Waals surface area contributed by atoms with Crippen LogP contribution in [0, 0.1) is 0 Å². The number of carbonyl (C=O) groups is 1. The largest absolute Gasteiger partial charge is 0.508 e. The second kappa shape index (κ2) is 10.9. The maximum Gasteiger partial charge on any atom is 0.306 e. The van der Waals surface area contributed by atoms with Crippen molar-refractivity contribution in [1.82, 2.24) is 0 Å². The van der Waals surface area contributed by atoms with E-state index in [1.54, 1.807) is 0 Å². The molecule has 3 heteroatoms. The van der Waals surface area contributed by atoms with Crippen LogP contribution in [0.3, 0.4) is 0 Å². The second-order valence-electron chi connectivity index (χ2n) is 10.0. The van der Waals surface area contributed by atoms with Crippen LogP contribution in [0.25, 0.3) is 0 Å². The topological polar surface area (TPSA) is 46.5 Å². The molecule has 0 heterocycles. The van der Waals surface area contributed by atoms with E-state index in [4.69, 9.17) is 4.74 Å². The summed E-state index contributed by atoms with van der Waals surface area (Å²) < 4.78 is 5.43. The summed E-state index contributed by atoms with van der Waals surface area (Å²) in [4.78, 5) is 12.2. The van der Waals surface area contributed by atoms with E-state index >= 15 is 0 Å². The molecule has 0 aliphatic heterocycles. The second-order valence-corrected chi connectivity index (χ2v) is 10.0. The third-order valence-electron chi connectivity index (χ3n) is 5.20. The van der Waals surface area contributed by atoms with E-state index in [-0.39, 0.29) is 16.8 Å². The Hall–Kier alpha value is -1.51. The third-order valence-corrected chi connectivity index (χ3v) is 5.20. The van der Waals surface area contributed by atoms with Crippen LogP contribution in [-0.4, -0.2) is 17.7 Å². The first-order valence-corrected chi connectivity index (χ1v) is 11.0. The van der Waals surface area contributed by atoms with E-state index in [2.05, 4.69) is 54.5 Å². The maximum atomic E-state index is 12.2. The summed E-state index contributed by atoms with van der Waals surface area (Å²) in [7, 11) is 0. The summed E-state index contributed by atoms with van der Waals surface area (Å²) >= 11 is 0. The van der Waals surface area contributed by atoms with Crippen molar-refractivity contribution >= 4 is 5.97 Å². The van der Waals surface area contributed by atoms with Crippen molar-refractivity contribution in [3.05, 3.63) is 28.8 Å². The molecule has 0 fully saturated rings. The standard InChI is InChI=1S/C25H42O3/c1-8-9-10-11-12-13-16-28-23(27)15-14-19-17-21(25(5,6)7)22(26)18-20(19)24(2,3)4/h17-18,26H,8-16H2,1-7H3. The van der Waals surface area contributed by atoms with Gasteiger partial charge in [0, 0.05) is 6.42 Å². The molecule has 1 N–H and O–H groups in total. The van der Waals surface area contributed by atoms with Gasteiger partial charge in [-0.25, -0.2) is 0 Å². The maximum absolute atomic E-state index is 12.2. The Labute approximate surface area is 172 Å². The predicted molar refractivity (Wildman–Crippen MR) is 118 cm³/mol. The van der Waals surface area contributed by atoms with Crippen molar-refractivity contribution in [3.8, 4) is 5.75 Å². The molecule has 1 aromatic rings. The van der Waals surface area contributed by atoms with Gasteiger partial charge in [0.15, 0.2) is 0 Å². The van der Waals surface area contributed by atoms with Crippen LogP contribution < -0.4 is 0 Å². The molecule has 160 valence electrons. The molecule has 3 nitrogen and oxygen atoms in total. The van der Waals surface area contributed by atoms with Gasteiger partial charge in [-0.1, -0.05) is 86.6 Å². The number of phenolic OH excluding ortho intramolecular Hbond substituents is 1. The van der Waals surface area contributed by atoms with Gasteiger partial charge in [0.05, 0.1) is 6.61 Å². The van der Waals surface area contributed by atoms with Crippen LogP contribution in [0.15, 0.2) is 12.1 Å². The molecule has 0 saturated carbocycles. The summed E-state index contributed by atoms with van der Waals surface area (Å²) in [6.45, 7) is 15.4. The number of unbranched alkanes of at least 4 members (excludes halogenated alkanes) is 5. The van der Waals surface area contributed by atoms with E-state index in [1.165, 1.54) is 25.7 Å². The molecule has 0 bridgehead atoms. The Morgan fingerprint density at radius 3 is 2.04 bits per heavy atom. The third kappa shape index (κ3) is 8.24.